The van der Waals surface area contributed by atoms with Gasteiger partial charge in [0.25, 0.3) is 5.56 Å². The van der Waals surface area contributed by atoms with Gasteiger partial charge in [-0.3, -0.25) is 14.5 Å². The average Bonchev–Trinajstić information content (AvgIpc) is 3.03. The molecule has 1 aliphatic heterocycles. The first-order valence-corrected chi connectivity index (χ1v) is 9.31. The van der Waals surface area contributed by atoms with E-state index in [-0.39, 0.29) is 17.5 Å². The van der Waals surface area contributed by atoms with Gasteiger partial charge >= 0.3 is 0 Å². The first-order valence-electron chi connectivity index (χ1n) is 8.52. The Morgan fingerprint density at radius 2 is 2.00 bits per heavy atom. The molecule has 0 spiro atoms. The highest BCUT2D eigenvalue weighted by Crippen LogP contribution is 2.13. The van der Waals surface area contributed by atoms with Crippen molar-refractivity contribution >= 4 is 21.8 Å². The number of rotatable bonds is 6. The van der Waals surface area contributed by atoms with Gasteiger partial charge in [0, 0.05) is 55.4 Å². The van der Waals surface area contributed by atoms with Gasteiger partial charge in [-0.05, 0) is 34.0 Å². The molecule has 1 saturated heterocycles. The predicted octanol–water partition coefficient (Wildman–Crippen LogP) is 2.39. The molecule has 1 aliphatic rings. The summed E-state index contributed by atoms with van der Waals surface area (Å²) < 4.78 is 2.39. The molecule has 1 unspecified atom stereocenters. The number of benzene rings is 1. The van der Waals surface area contributed by atoms with Crippen LogP contribution in [0.2, 0.25) is 0 Å². The number of halogens is 1. The van der Waals surface area contributed by atoms with E-state index in [1.54, 1.807) is 16.8 Å². The Balaban J connectivity index is 1.44. The van der Waals surface area contributed by atoms with Crippen molar-refractivity contribution in [3.05, 3.63) is 69.1 Å². The summed E-state index contributed by atoms with van der Waals surface area (Å²) in [5.41, 5.74) is 1.20. The minimum Gasteiger partial charge on any atom is -0.352 e. The van der Waals surface area contributed by atoms with Crippen molar-refractivity contribution in [2.75, 3.05) is 13.1 Å². The number of aryl methyl sites for hydroxylation is 1. The Kier molecular flexibility index (Phi) is 6.04. The molecule has 1 fully saturated rings. The lowest BCUT2D eigenvalue weighted by Crippen LogP contribution is -2.37. The number of nitrogens with one attached hydrogen (secondary N) is 1. The molecule has 0 radical (unpaired) electrons. The fourth-order valence-corrected chi connectivity index (χ4v) is 3.51. The summed E-state index contributed by atoms with van der Waals surface area (Å²) in [6.07, 6.45) is 2.99. The highest BCUT2D eigenvalue weighted by molar-refractivity contribution is 9.10. The SMILES string of the molecule is O=C(CCn1cc(Br)ccc1=O)NC1CCN(Cc2ccccc2)C1. The van der Waals surface area contributed by atoms with E-state index in [1.165, 1.54) is 11.6 Å². The molecule has 1 aromatic heterocycles. The van der Waals surface area contributed by atoms with E-state index in [1.807, 2.05) is 6.07 Å². The van der Waals surface area contributed by atoms with Crippen molar-refractivity contribution in [2.45, 2.75) is 32.0 Å². The quantitative estimate of drug-likeness (QED) is 0.805. The van der Waals surface area contributed by atoms with Crippen LogP contribution in [-0.4, -0.2) is 34.5 Å². The molecule has 1 N–H and O–H groups in total. The van der Waals surface area contributed by atoms with Crippen LogP contribution in [0.5, 0.6) is 0 Å². The van der Waals surface area contributed by atoms with Gasteiger partial charge in [-0.15, -0.1) is 0 Å². The molecule has 1 aromatic carbocycles. The third-order valence-corrected chi connectivity index (χ3v) is 4.88. The standard InChI is InChI=1S/C19H22BrN3O2/c20-16-6-7-19(25)23(13-16)11-9-18(24)21-17-8-10-22(14-17)12-15-4-2-1-3-5-15/h1-7,13,17H,8-12,14H2,(H,21,24). The Hall–Kier alpha value is -1.92. The van der Waals surface area contributed by atoms with Crippen LogP contribution >= 0.6 is 15.9 Å². The Labute approximate surface area is 155 Å². The van der Waals surface area contributed by atoms with Crippen LogP contribution in [0.4, 0.5) is 0 Å². The lowest BCUT2D eigenvalue weighted by molar-refractivity contribution is -0.121. The Morgan fingerprint density at radius 3 is 2.80 bits per heavy atom. The molecule has 0 bridgehead atoms. The summed E-state index contributed by atoms with van der Waals surface area (Å²) in [6, 6.07) is 13.8. The molecule has 6 heteroatoms. The Bertz CT molecular complexity index is 776. The van der Waals surface area contributed by atoms with Gasteiger partial charge in [-0.2, -0.15) is 0 Å². The van der Waals surface area contributed by atoms with Gasteiger partial charge in [-0.1, -0.05) is 30.3 Å². The second-order valence-electron chi connectivity index (χ2n) is 6.40. The van der Waals surface area contributed by atoms with E-state index in [0.717, 1.165) is 30.5 Å². The highest BCUT2D eigenvalue weighted by atomic mass is 79.9. The molecule has 25 heavy (non-hydrogen) atoms. The monoisotopic (exact) mass is 403 g/mol. The third kappa shape index (κ3) is 5.28. The molecule has 2 aromatic rings. The zero-order chi connectivity index (χ0) is 17.6. The zero-order valence-electron chi connectivity index (χ0n) is 14.0. The Morgan fingerprint density at radius 1 is 1.20 bits per heavy atom. The van der Waals surface area contributed by atoms with Gasteiger partial charge in [-0.25, -0.2) is 0 Å². The van der Waals surface area contributed by atoms with Crippen LogP contribution in [0, 0.1) is 0 Å². The number of amides is 1. The highest BCUT2D eigenvalue weighted by Gasteiger charge is 2.23. The second-order valence-corrected chi connectivity index (χ2v) is 7.32. The van der Waals surface area contributed by atoms with Crippen LogP contribution in [-0.2, 0) is 17.9 Å². The summed E-state index contributed by atoms with van der Waals surface area (Å²) in [5, 5.41) is 3.09. The number of aromatic nitrogens is 1. The molecular formula is C19H22BrN3O2. The smallest absolute Gasteiger partial charge is 0.250 e. The number of hydrogen-bond donors (Lipinski definition) is 1. The molecule has 0 saturated carbocycles. The minimum absolute atomic E-state index is 0.00145. The van der Waals surface area contributed by atoms with E-state index in [4.69, 9.17) is 0 Å². The number of hydrogen-bond acceptors (Lipinski definition) is 3. The normalized spacial score (nSPS) is 17.6. The summed E-state index contributed by atoms with van der Waals surface area (Å²) in [7, 11) is 0. The predicted molar refractivity (Wildman–Crippen MR) is 101 cm³/mol. The number of likely N-dealkylation sites (tertiary alicyclic amines) is 1. The van der Waals surface area contributed by atoms with Crippen molar-refractivity contribution in [1.29, 1.82) is 0 Å². The molecule has 3 rings (SSSR count). The van der Waals surface area contributed by atoms with E-state index >= 15 is 0 Å². The summed E-state index contributed by atoms with van der Waals surface area (Å²) in [6.45, 7) is 3.17. The lowest BCUT2D eigenvalue weighted by Gasteiger charge is -2.17. The van der Waals surface area contributed by atoms with Crippen molar-refractivity contribution < 1.29 is 4.79 Å². The number of carbonyl (C=O) groups is 1. The first-order chi connectivity index (χ1) is 12.1. The van der Waals surface area contributed by atoms with Crippen molar-refractivity contribution in [2.24, 2.45) is 0 Å². The maximum absolute atomic E-state index is 12.2. The molecule has 5 nitrogen and oxygen atoms in total. The van der Waals surface area contributed by atoms with Crippen LogP contribution in [0.15, 0.2) is 57.9 Å². The number of nitrogens with zero attached hydrogens (tertiary/aromatic N) is 2. The first kappa shape index (κ1) is 17.9. The molecule has 1 atom stereocenters. The van der Waals surface area contributed by atoms with Crippen LogP contribution < -0.4 is 10.9 Å². The summed E-state index contributed by atoms with van der Waals surface area (Å²) in [4.78, 5) is 26.3. The van der Waals surface area contributed by atoms with Gasteiger partial charge in [0.1, 0.15) is 0 Å². The molecular weight excluding hydrogens is 382 g/mol. The lowest BCUT2D eigenvalue weighted by atomic mass is 10.2. The van der Waals surface area contributed by atoms with Crippen LogP contribution in [0.1, 0.15) is 18.4 Å². The number of carbonyl (C=O) groups excluding carboxylic acids is 1. The largest absolute Gasteiger partial charge is 0.352 e. The summed E-state index contributed by atoms with van der Waals surface area (Å²) >= 11 is 3.34. The maximum atomic E-state index is 12.2. The summed E-state index contributed by atoms with van der Waals surface area (Å²) in [5.74, 6) is -0.00145. The van der Waals surface area contributed by atoms with E-state index < -0.39 is 0 Å². The third-order valence-electron chi connectivity index (χ3n) is 4.41. The van der Waals surface area contributed by atoms with Gasteiger partial charge < -0.3 is 9.88 Å². The fraction of sp³-hybridized carbons (Fsp3) is 0.368. The number of pyridine rings is 1. The molecule has 132 valence electrons. The molecule has 0 aliphatic carbocycles. The topological polar surface area (TPSA) is 54.3 Å². The van der Waals surface area contributed by atoms with E-state index in [0.29, 0.717) is 13.0 Å². The average molecular weight is 404 g/mol. The second kappa shape index (κ2) is 8.45. The van der Waals surface area contributed by atoms with Gasteiger partial charge in [0.15, 0.2) is 0 Å². The van der Waals surface area contributed by atoms with Crippen molar-refractivity contribution in [1.82, 2.24) is 14.8 Å². The van der Waals surface area contributed by atoms with E-state index in [2.05, 4.69) is 50.4 Å². The van der Waals surface area contributed by atoms with Gasteiger partial charge in [0.2, 0.25) is 5.91 Å². The van der Waals surface area contributed by atoms with Crippen molar-refractivity contribution in [3.8, 4) is 0 Å². The maximum Gasteiger partial charge on any atom is 0.250 e. The molecule has 1 amide bonds. The van der Waals surface area contributed by atoms with Crippen molar-refractivity contribution in [3.63, 3.8) is 0 Å². The van der Waals surface area contributed by atoms with Crippen LogP contribution in [0.25, 0.3) is 0 Å². The van der Waals surface area contributed by atoms with Gasteiger partial charge in [0.05, 0.1) is 0 Å². The molecule has 2 heterocycles. The zero-order valence-corrected chi connectivity index (χ0v) is 15.6. The minimum atomic E-state index is -0.0918. The van der Waals surface area contributed by atoms with Crippen LogP contribution in [0.3, 0.4) is 0 Å². The van der Waals surface area contributed by atoms with E-state index in [9.17, 15) is 9.59 Å². The fourth-order valence-electron chi connectivity index (χ4n) is 3.13.